The summed E-state index contributed by atoms with van der Waals surface area (Å²) in [5, 5.41) is 1.13. The van der Waals surface area contributed by atoms with Crippen LogP contribution in [0.25, 0.3) is 12.2 Å². The van der Waals surface area contributed by atoms with Crippen molar-refractivity contribution < 1.29 is 0 Å². The van der Waals surface area contributed by atoms with Gasteiger partial charge in [-0.15, -0.1) is 22.7 Å². The Morgan fingerprint density at radius 2 is 1.87 bits per heavy atom. The number of nitrogens with zero attached hydrogens (tertiary/aromatic N) is 2. The van der Waals surface area contributed by atoms with Gasteiger partial charge in [0.2, 0.25) is 0 Å². The van der Waals surface area contributed by atoms with Crippen molar-refractivity contribution in [2.45, 2.75) is 25.7 Å². The predicted molar refractivity (Wildman–Crippen MR) is 107 cm³/mol. The first kappa shape index (κ1) is 15.6. The van der Waals surface area contributed by atoms with Crippen molar-refractivity contribution in [1.82, 2.24) is 0 Å². The van der Waals surface area contributed by atoms with E-state index in [9.17, 15) is 0 Å². The van der Waals surface area contributed by atoms with E-state index in [2.05, 4.69) is 50.1 Å². The van der Waals surface area contributed by atoms with Gasteiger partial charge in [-0.05, 0) is 37.1 Å². The van der Waals surface area contributed by atoms with Crippen LogP contribution in [0.2, 0.25) is 0 Å². The number of halogens is 1. The second-order valence-electron chi connectivity index (χ2n) is 5.92. The molecule has 2 nitrogen and oxygen atoms in total. The Hall–Kier alpha value is -0.910. The average Bonchev–Trinajstić information content (AvgIpc) is 3.26. The van der Waals surface area contributed by atoms with Crippen molar-refractivity contribution >= 4 is 68.3 Å². The summed E-state index contributed by atoms with van der Waals surface area (Å²) in [4.78, 5) is 6.94. The molecule has 0 atom stereocenters. The monoisotopic (exact) mass is 406 g/mol. The largest absolute Gasteiger partial charge is 0.367 e. The molecule has 2 aliphatic rings. The van der Waals surface area contributed by atoms with Gasteiger partial charge in [0.05, 0.1) is 15.9 Å². The second kappa shape index (κ2) is 6.91. The third-order valence-electron chi connectivity index (χ3n) is 4.31. The first-order valence-corrected chi connectivity index (χ1v) is 10.9. The van der Waals surface area contributed by atoms with Crippen LogP contribution in [-0.2, 0) is 0 Å². The highest BCUT2D eigenvalue weighted by Crippen LogP contribution is 2.22. The van der Waals surface area contributed by atoms with Gasteiger partial charge in [0.15, 0.2) is 0 Å². The van der Waals surface area contributed by atoms with E-state index in [-0.39, 0.29) is 0 Å². The van der Waals surface area contributed by atoms with Gasteiger partial charge in [-0.2, -0.15) is 0 Å². The number of unbranched alkanes of at least 4 members (excludes halogenated alkanes) is 3. The highest BCUT2D eigenvalue weighted by molar-refractivity contribution is 9.09. The van der Waals surface area contributed by atoms with E-state index in [1.807, 2.05) is 28.9 Å². The minimum Gasteiger partial charge on any atom is -0.367 e. The normalized spacial score (nSPS) is 16.3. The number of hydrogen-bond donors (Lipinski definition) is 0. The summed E-state index contributed by atoms with van der Waals surface area (Å²) in [5.41, 5.74) is 2.57. The maximum atomic E-state index is 4.40. The summed E-state index contributed by atoms with van der Waals surface area (Å²) in [7, 11) is 0. The first-order chi connectivity index (χ1) is 11.3. The Balaban J connectivity index is 1.55. The van der Waals surface area contributed by atoms with Crippen LogP contribution in [0.5, 0.6) is 0 Å². The lowest BCUT2D eigenvalue weighted by Gasteiger charge is -2.18. The molecule has 4 heterocycles. The topological polar surface area (TPSA) is 15.6 Å². The number of hydrogen-bond acceptors (Lipinski definition) is 4. The minimum absolute atomic E-state index is 1.08. The van der Waals surface area contributed by atoms with E-state index in [1.54, 1.807) is 0 Å². The number of anilines is 1. The van der Waals surface area contributed by atoms with Crippen LogP contribution in [0, 0.1) is 9.06 Å². The van der Waals surface area contributed by atoms with Gasteiger partial charge in [-0.1, -0.05) is 28.8 Å². The zero-order valence-electron chi connectivity index (χ0n) is 12.9. The Morgan fingerprint density at radius 1 is 1.04 bits per heavy atom. The molecule has 2 aliphatic heterocycles. The van der Waals surface area contributed by atoms with Gasteiger partial charge in [0.25, 0.3) is 0 Å². The van der Waals surface area contributed by atoms with Crippen LogP contribution in [0.3, 0.4) is 0 Å². The number of fused-ring (bicyclic) bond motifs is 2. The van der Waals surface area contributed by atoms with Gasteiger partial charge in [-0.3, -0.25) is 4.99 Å². The van der Waals surface area contributed by atoms with E-state index in [4.69, 9.17) is 0 Å². The summed E-state index contributed by atoms with van der Waals surface area (Å²) >= 11 is 7.28. The van der Waals surface area contributed by atoms with Gasteiger partial charge in [-0.25, -0.2) is 0 Å². The lowest BCUT2D eigenvalue weighted by molar-refractivity contribution is 0.662. The number of rotatable bonds is 6. The van der Waals surface area contributed by atoms with Crippen molar-refractivity contribution in [2.75, 3.05) is 23.3 Å². The molecule has 120 valence electrons. The van der Waals surface area contributed by atoms with E-state index >= 15 is 0 Å². The highest BCUT2D eigenvalue weighted by Gasteiger charge is 2.14. The van der Waals surface area contributed by atoms with Gasteiger partial charge < -0.3 is 4.90 Å². The molecule has 0 aromatic carbocycles. The quantitative estimate of drug-likeness (QED) is 0.519. The zero-order valence-corrected chi connectivity index (χ0v) is 16.1. The van der Waals surface area contributed by atoms with E-state index in [1.165, 1.54) is 56.0 Å². The van der Waals surface area contributed by atoms with Crippen LogP contribution >= 0.6 is 38.6 Å². The first-order valence-electron chi connectivity index (χ1n) is 8.15. The van der Waals surface area contributed by atoms with Crippen LogP contribution in [0.4, 0.5) is 11.4 Å². The third-order valence-corrected chi connectivity index (χ3v) is 7.28. The van der Waals surface area contributed by atoms with Gasteiger partial charge in [0, 0.05) is 38.2 Å². The summed E-state index contributed by atoms with van der Waals surface area (Å²) in [6.07, 6.45) is 11.6. The molecule has 2 aromatic heterocycles. The zero-order chi connectivity index (χ0) is 15.6. The molecule has 0 amide bonds. The SMILES string of the molecule is BrCCCCCCN1CC=c2sc(=c3cc4c(s3)=CC=N4)cc21. The van der Waals surface area contributed by atoms with Crippen molar-refractivity contribution in [2.24, 2.45) is 4.99 Å². The molecule has 0 aliphatic carbocycles. The lowest BCUT2D eigenvalue weighted by Crippen LogP contribution is -2.22. The fourth-order valence-electron chi connectivity index (χ4n) is 3.09. The molecule has 0 saturated heterocycles. The van der Waals surface area contributed by atoms with E-state index in [0.29, 0.717) is 0 Å². The molecule has 0 fully saturated rings. The average molecular weight is 407 g/mol. The Labute approximate surface area is 152 Å². The summed E-state index contributed by atoms with van der Waals surface area (Å²) in [6, 6.07) is 4.61. The molecule has 0 N–H and O–H groups in total. The Morgan fingerprint density at radius 3 is 2.74 bits per heavy atom. The summed E-state index contributed by atoms with van der Waals surface area (Å²) < 4.78 is 5.48. The third kappa shape index (κ3) is 3.19. The van der Waals surface area contributed by atoms with Gasteiger partial charge in [0.1, 0.15) is 0 Å². The predicted octanol–water partition coefficient (Wildman–Crippen LogP) is 4.15. The maximum Gasteiger partial charge on any atom is 0.0817 e. The molecule has 4 rings (SSSR count). The lowest BCUT2D eigenvalue weighted by atomic mass is 10.2. The molecule has 0 unspecified atom stereocenters. The number of thiophene rings is 2. The van der Waals surface area contributed by atoms with Crippen LogP contribution < -0.4 is 14.0 Å². The molecule has 0 radical (unpaired) electrons. The summed E-state index contributed by atoms with van der Waals surface area (Å²) in [5.74, 6) is 0. The van der Waals surface area contributed by atoms with Crippen LogP contribution in [0.15, 0.2) is 17.1 Å². The highest BCUT2D eigenvalue weighted by atomic mass is 79.9. The van der Waals surface area contributed by atoms with Crippen molar-refractivity contribution in [3.63, 3.8) is 0 Å². The number of aliphatic imine (C=N–C) groups is 1. The summed E-state index contributed by atoms with van der Waals surface area (Å²) in [6.45, 7) is 2.26. The smallest absolute Gasteiger partial charge is 0.0817 e. The van der Waals surface area contributed by atoms with Crippen LogP contribution in [0.1, 0.15) is 25.7 Å². The van der Waals surface area contributed by atoms with Gasteiger partial charge >= 0.3 is 0 Å². The fraction of sp³-hybridized carbons (Fsp3) is 0.389. The molecule has 23 heavy (non-hydrogen) atoms. The standard InChI is InChI=1S/C18H19BrN2S2/c19-7-3-1-2-4-9-21-10-6-16-14(21)12-18(23-16)17-11-13-15(22-17)5-8-20-13/h5-6,8,11-12H,1-4,7,9-10H2. The van der Waals surface area contributed by atoms with Crippen molar-refractivity contribution in [3.05, 3.63) is 30.3 Å². The van der Waals surface area contributed by atoms with E-state index in [0.717, 1.165) is 17.6 Å². The minimum atomic E-state index is 1.08. The second-order valence-corrected chi connectivity index (χ2v) is 8.88. The van der Waals surface area contributed by atoms with Crippen LogP contribution in [-0.4, -0.2) is 24.6 Å². The molecule has 0 spiro atoms. The molecule has 5 heteroatoms. The number of alkyl halides is 1. The van der Waals surface area contributed by atoms with E-state index < -0.39 is 0 Å². The molecule has 0 saturated carbocycles. The molecular weight excluding hydrogens is 388 g/mol. The fourth-order valence-corrected chi connectivity index (χ4v) is 5.66. The Bertz CT molecular complexity index is 939. The van der Waals surface area contributed by atoms with Crippen molar-refractivity contribution in [1.29, 1.82) is 0 Å². The molecule has 2 aromatic rings. The maximum absolute atomic E-state index is 4.40. The Kier molecular flexibility index (Phi) is 4.69. The van der Waals surface area contributed by atoms with Crippen molar-refractivity contribution in [3.8, 4) is 0 Å². The molecular formula is C18H19BrN2S2. The molecule has 0 bridgehead atoms.